The van der Waals surface area contributed by atoms with Crippen molar-refractivity contribution in [1.29, 1.82) is 0 Å². The zero-order chi connectivity index (χ0) is 11.7. The van der Waals surface area contributed by atoms with Gasteiger partial charge in [-0.15, -0.1) is 0 Å². The first kappa shape index (κ1) is 10.4. The second kappa shape index (κ2) is 3.81. The number of benzene rings is 1. The molecule has 4 heteroatoms. The van der Waals surface area contributed by atoms with E-state index < -0.39 is 5.97 Å². The number of aromatic carboxylic acids is 1. The smallest absolute Gasteiger partial charge is 0.341 e. The van der Waals surface area contributed by atoms with Crippen molar-refractivity contribution >= 4 is 5.97 Å². The molecular formula is C12H11NO3. The van der Waals surface area contributed by atoms with Gasteiger partial charge in [0.1, 0.15) is 5.56 Å². The normalized spacial score (nSPS) is 10.4. The van der Waals surface area contributed by atoms with Gasteiger partial charge < -0.3 is 9.63 Å². The van der Waals surface area contributed by atoms with E-state index in [9.17, 15) is 4.79 Å². The Labute approximate surface area is 92.5 Å². The molecule has 0 atom stereocenters. The average Bonchev–Trinajstić information content (AvgIpc) is 2.66. The van der Waals surface area contributed by atoms with Crippen LogP contribution in [0.4, 0.5) is 0 Å². The summed E-state index contributed by atoms with van der Waals surface area (Å²) in [5.74, 6) is -0.721. The van der Waals surface area contributed by atoms with E-state index in [4.69, 9.17) is 9.63 Å². The molecule has 0 fully saturated rings. The molecule has 1 aromatic carbocycles. The summed E-state index contributed by atoms with van der Waals surface area (Å²) < 4.78 is 5.00. The van der Waals surface area contributed by atoms with Crippen LogP contribution >= 0.6 is 0 Å². The van der Waals surface area contributed by atoms with Crippen molar-refractivity contribution < 1.29 is 14.4 Å². The molecule has 16 heavy (non-hydrogen) atoms. The lowest BCUT2D eigenvalue weighted by Gasteiger charge is -2.03. The number of carboxylic acid groups (broad SMARTS) is 1. The van der Waals surface area contributed by atoms with Crippen LogP contribution in [0.2, 0.25) is 0 Å². The molecule has 0 spiro atoms. The Balaban J connectivity index is 2.59. The number of hydrogen-bond donors (Lipinski definition) is 1. The minimum absolute atomic E-state index is 0.0898. The van der Waals surface area contributed by atoms with Gasteiger partial charge in [0.2, 0.25) is 0 Å². The van der Waals surface area contributed by atoms with E-state index >= 15 is 0 Å². The molecule has 0 saturated carbocycles. The number of aromatic nitrogens is 1. The highest BCUT2D eigenvalue weighted by molar-refractivity contribution is 5.94. The van der Waals surface area contributed by atoms with Crippen molar-refractivity contribution in [2.75, 3.05) is 0 Å². The maximum Gasteiger partial charge on any atom is 0.341 e. The van der Waals surface area contributed by atoms with Crippen molar-refractivity contribution in [3.63, 3.8) is 0 Å². The standard InChI is InChI=1S/C12H11NO3/c1-7-3-4-9(8(2)5-7)11-10(12(14)15)6-13-16-11/h3-6H,1-2H3,(H,14,15). The van der Waals surface area contributed by atoms with Crippen LogP contribution in [-0.2, 0) is 0 Å². The molecule has 0 aliphatic rings. The van der Waals surface area contributed by atoms with E-state index in [0.717, 1.165) is 16.7 Å². The Bertz CT molecular complexity index is 543. The van der Waals surface area contributed by atoms with E-state index in [0.29, 0.717) is 5.76 Å². The van der Waals surface area contributed by atoms with E-state index in [-0.39, 0.29) is 5.56 Å². The maximum atomic E-state index is 10.9. The highest BCUT2D eigenvalue weighted by atomic mass is 16.5. The van der Waals surface area contributed by atoms with Crippen molar-refractivity contribution in [3.05, 3.63) is 41.1 Å². The molecule has 0 aliphatic heterocycles. The van der Waals surface area contributed by atoms with Crippen LogP contribution in [0.25, 0.3) is 11.3 Å². The molecule has 2 aromatic rings. The molecule has 0 radical (unpaired) electrons. The lowest BCUT2D eigenvalue weighted by molar-refractivity contribution is 0.0697. The number of aryl methyl sites for hydroxylation is 2. The van der Waals surface area contributed by atoms with Crippen molar-refractivity contribution in [3.8, 4) is 11.3 Å². The fourth-order valence-electron chi connectivity index (χ4n) is 1.65. The number of hydrogen-bond acceptors (Lipinski definition) is 3. The largest absolute Gasteiger partial charge is 0.477 e. The Kier molecular flexibility index (Phi) is 2.48. The van der Waals surface area contributed by atoms with Crippen LogP contribution in [0, 0.1) is 13.8 Å². The highest BCUT2D eigenvalue weighted by Crippen LogP contribution is 2.27. The third-order valence-corrected chi connectivity index (χ3v) is 2.43. The van der Waals surface area contributed by atoms with E-state index in [1.807, 2.05) is 32.0 Å². The van der Waals surface area contributed by atoms with Crippen LogP contribution in [0.5, 0.6) is 0 Å². The summed E-state index contributed by atoms with van der Waals surface area (Å²) in [5.41, 5.74) is 2.95. The Hall–Kier alpha value is -2.10. The zero-order valence-corrected chi connectivity index (χ0v) is 9.02. The minimum atomic E-state index is -1.03. The van der Waals surface area contributed by atoms with Crippen LogP contribution < -0.4 is 0 Å². The summed E-state index contributed by atoms with van der Waals surface area (Å²) in [5, 5.41) is 12.5. The molecule has 1 N–H and O–H groups in total. The lowest BCUT2D eigenvalue weighted by atomic mass is 10.0. The third-order valence-electron chi connectivity index (χ3n) is 2.43. The Morgan fingerprint density at radius 2 is 2.12 bits per heavy atom. The summed E-state index contributed by atoms with van der Waals surface area (Å²) in [6, 6.07) is 5.73. The number of nitrogens with zero attached hydrogens (tertiary/aromatic N) is 1. The van der Waals surface area contributed by atoms with Gasteiger partial charge >= 0.3 is 5.97 Å². The maximum absolute atomic E-state index is 10.9. The predicted molar refractivity (Wildman–Crippen MR) is 58.4 cm³/mol. The number of rotatable bonds is 2. The third kappa shape index (κ3) is 1.69. The zero-order valence-electron chi connectivity index (χ0n) is 9.02. The van der Waals surface area contributed by atoms with Gasteiger partial charge in [0.25, 0.3) is 0 Å². The summed E-state index contributed by atoms with van der Waals surface area (Å²) in [6.45, 7) is 3.89. The first-order valence-corrected chi connectivity index (χ1v) is 4.85. The Morgan fingerprint density at radius 3 is 2.75 bits per heavy atom. The van der Waals surface area contributed by atoms with Gasteiger partial charge in [-0.3, -0.25) is 0 Å². The van der Waals surface area contributed by atoms with E-state index in [2.05, 4.69) is 5.16 Å². The van der Waals surface area contributed by atoms with E-state index in [1.54, 1.807) is 0 Å². The molecule has 1 aromatic heterocycles. The molecule has 0 aliphatic carbocycles. The fraction of sp³-hybridized carbons (Fsp3) is 0.167. The molecule has 1 heterocycles. The lowest BCUT2D eigenvalue weighted by Crippen LogP contribution is -1.96. The van der Waals surface area contributed by atoms with E-state index in [1.165, 1.54) is 6.20 Å². The van der Waals surface area contributed by atoms with Crippen molar-refractivity contribution in [2.24, 2.45) is 0 Å². The topological polar surface area (TPSA) is 63.3 Å². The highest BCUT2D eigenvalue weighted by Gasteiger charge is 2.18. The fourth-order valence-corrected chi connectivity index (χ4v) is 1.65. The number of carboxylic acids is 1. The summed E-state index contributed by atoms with van der Waals surface area (Å²) in [6.07, 6.45) is 1.22. The van der Waals surface area contributed by atoms with Crippen LogP contribution in [0.15, 0.2) is 28.9 Å². The minimum Gasteiger partial charge on any atom is -0.477 e. The predicted octanol–water partition coefficient (Wildman–Crippen LogP) is 2.66. The van der Waals surface area contributed by atoms with Gasteiger partial charge in [-0.2, -0.15) is 0 Å². The SMILES string of the molecule is Cc1ccc(-c2oncc2C(=O)O)c(C)c1. The van der Waals surface area contributed by atoms with Gasteiger partial charge in [0, 0.05) is 5.56 Å². The quantitative estimate of drug-likeness (QED) is 0.839. The first-order valence-electron chi connectivity index (χ1n) is 4.85. The molecular weight excluding hydrogens is 206 g/mol. The van der Waals surface area contributed by atoms with Crippen LogP contribution in [-0.4, -0.2) is 16.2 Å². The molecule has 0 bridgehead atoms. The van der Waals surface area contributed by atoms with Gasteiger partial charge in [-0.05, 0) is 19.4 Å². The second-order valence-electron chi connectivity index (χ2n) is 3.69. The molecule has 0 unspecified atom stereocenters. The number of carbonyl (C=O) groups is 1. The van der Waals surface area contributed by atoms with Gasteiger partial charge in [0.05, 0.1) is 6.20 Å². The second-order valence-corrected chi connectivity index (χ2v) is 3.69. The van der Waals surface area contributed by atoms with Crippen molar-refractivity contribution in [1.82, 2.24) is 5.16 Å². The molecule has 2 rings (SSSR count). The molecule has 0 amide bonds. The molecule has 4 nitrogen and oxygen atoms in total. The van der Waals surface area contributed by atoms with Crippen molar-refractivity contribution in [2.45, 2.75) is 13.8 Å². The summed E-state index contributed by atoms with van der Waals surface area (Å²) >= 11 is 0. The Morgan fingerprint density at radius 1 is 1.38 bits per heavy atom. The van der Waals surface area contributed by atoms with Crippen LogP contribution in [0.1, 0.15) is 21.5 Å². The molecule has 0 saturated heterocycles. The van der Waals surface area contributed by atoms with Gasteiger partial charge in [0.15, 0.2) is 5.76 Å². The van der Waals surface area contributed by atoms with Gasteiger partial charge in [-0.25, -0.2) is 4.79 Å². The summed E-state index contributed by atoms with van der Waals surface area (Å²) in [4.78, 5) is 10.9. The monoisotopic (exact) mass is 217 g/mol. The van der Waals surface area contributed by atoms with Crippen LogP contribution in [0.3, 0.4) is 0 Å². The average molecular weight is 217 g/mol. The van der Waals surface area contributed by atoms with Gasteiger partial charge in [-0.1, -0.05) is 28.9 Å². The molecule has 82 valence electrons. The first-order chi connectivity index (χ1) is 7.59. The summed E-state index contributed by atoms with van der Waals surface area (Å²) in [7, 11) is 0.